The molecule has 0 saturated heterocycles. The van der Waals surface area contributed by atoms with Crippen molar-refractivity contribution in [2.24, 2.45) is 16.2 Å². The minimum Gasteiger partial charge on any atom is -0.493 e. The van der Waals surface area contributed by atoms with Crippen LogP contribution in [0.4, 0.5) is 0 Å². The van der Waals surface area contributed by atoms with Crippen molar-refractivity contribution in [3.63, 3.8) is 0 Å². The summed E-state index contributed by atoms with van der Waals surface area (Å²) in [5.74, 6) is 2.80. The standard InChI is InChI=1S/C29H28N2O6/c1-32-24-10-8-18(13-26(24)33-2)23-15-20(36-30-23)16-35-25-11-9-19(14-27(25)34-3)28-22-12-17-6-4-5-7-21(17)29(22)37-31-28/h4-11,13-14,20,22,29H,12,15-16H2,1-3H3. The third-order valence-corrected chi connectivity index (χ3v) is 7.12. The maximum absolute atomic E-state index is 6.09. The first-order valence-corrected chi connectivity index (χ1v) is 12.3. The highest BCUT2D eigenvalue weighted by molar-refractivity contribution is 6.04. The SMILES string of the molecule is COc1ccc(C2=NOC(COc3ccc(C4=NOC5c6ccccc6CC45)cc3OC)C2)cc1OC. The number of methoxy groups -OCH3 is 3. The Morgan fingerprint density at radius 2 is 1.49 bits per heavy atom. The van der Waals surface area contributed by atoms with Gasteiger partial charge in [-0.1, -0.05) is 34.6 Å². The molecule has 8 heteroatoms. The van der Waals surface area contributed by atoms with Crippen LogP contribution in [-0.4, -0.2) is 45.5 Å². The monoisotopic (exact) mass is 500 g/mol. The van der Waals surface area contributed by atoms with E-state index in [2.05, 4.69) is 28.5 Å². The molecule has 3 unspecified atom stereocenters. The van der Waals surface area contributed by atoms with Crippen LogP contribution in [0.15, 0.2) is 71.0 Å². The molecular formula is C29H28N2O6. The van der Waals surface area contributed by atoms with E-state index in [0.29, 0.717) is 36.0 Å². The maximum Gasteiger partial charge on any atom is 0.167 e. The van der Waals surface area contributed by atoms with E-state index >= 15 is 0 Å². The number of hydrogen-bond acceptors (Lipinski definition) is 8. The van der Waals surface area contributed by atoms with Crippen molar-refractivity contribution in [2.45, 2.75) is 25.0 Å². The van der Waals surface area contributed by atoms with Gasteiger partial charge in [0.15, 0.2) is 35.2 Å². The van der Waals surface area contributed by atoms with Crippen molar-refractivity contribution in [3.05, 3.63) is 82.9 Å². The highest BCUT2D eigenvalue weighted by Gasteiger charge is 2.42. The predicted octanol–water partition coefficient (Wildman–Crippen LogP) is 4.93. The second-order valence-corrected chi connectivity index (χ2v) is 9.23. The zero-order valence-electron chi connectivity index (χ0n) is 21.0. The van der Waals surface area contributed by atoms with Gasteiger partial charge in [-0.15, -0.1) is 0 Å². The Balaban J connectivity index is 1.10. The molecule has 0 amide bonds. The molecule has 1 aliphatic carbocycles. The van der Waals surface area contributed by atoms with Crippen LogP contribution in [0.25, 0.3) is 0 Å². The van der Waals surface area contributed by atoms with Crippen molar-refractivity contribution in [2.75, 3.05) is 27.9 Å². The average Bonchev–Trinajstić information content (AvgIpc) is 3.67. The van der Waals surface area contributed by atoms with Gasteiger partial charge in [0.25, 0.3) is 0 Å². The lowest BCUT2D eigenvalue weighted by atomic mass is 9.93. The molecule has 37 heavy (non-hydrogen) atoms. The lowest BCUT2D eigenvalue weighted by Crippen LogP contribution is -2.19. The fraction of sp³-hybridized carbons (Fsp3) is 0.310. The van der Waals surface area contributed by atoms with Crippen LogP contribution in [0.5, 0.6) is 23.0 Å². The molecule has 0 spiro atoms. The van der Waals surface area contributed by atoms with E-state index in [-0.39, 0.29) is 18.1 Å². The molecule has 0 saturated carbocycles. The molecule has 6 rings (SSSR count). The number of benzene rings is 3. The second-order valence-electron chi connectivity index (χ2n) is 9.23. The highest BCUT2D eigenvalue weighted by atomic mass is 16.7. The lowest BCUT2D eigenvalue weighted by molar-refractivity contribution is 0.0463. The first-order chi connectivity index (χ1) is 18.2. The van der Waals surface area contributed by atoms with Crippen molar-refractivity contribution in [3.8, 4) is 23.0 Å². The van der Waals surface area contributed by atoms with Gasteiger partial charge in [0.2, 0.25) is 0 Å². The summed E-state index contributed by atoms with van der Waals surface area (Å²) in [6, 6.07) is 20.0. The summed E-state index contributed by atoms with van der Waals surface area (Å²) in [7, 11) is 4.86. The molecule has 2 heterocycles. The molecule has 190 valence electrons. The van der Waals surface area contributed by atoms with E-state index in [9.17, 15) is 0 Å². The highest BCUT2D eigenvalue weighted by Crippen LogP contribution is 2.45. The van der Waals surface area contributed by atoms with Crippen LogP contribution in [-0.2, 0) is 16.1 Å². The van der Waals surface area contributed by atoms with Crippen LogP contribution in [0, 0.1) is 5.92 Å². The van der Waals surface area contributed by atoms with E-state index in [0.717, 1.165) is 29.0 Å². The molecule has 3 atom stereocenters. The molecule has 8 nitrogen and oxygen atoms in total. The van der Waals surface area contributed by atoms with E-state index < -0.39 is 0 Å². The zero-order chi connectivity index (χ0) is 25.4. The molecular weight excluding hydrogens is 472 g/mol. The largest absolute Gasteiger partial charge is 0.493 e. The predicted molar refractivity (Wildman–Crippen MR) is 138 cm³/mol. The van der Waals surface area contributed by atoms with Crippen molar-refractivity contribution in [1.29, 1.82) is 0 Å². The summed E-state index contributed by atoms with van der Waals surface area (Å²) in [5.41, 5.74) is 6.23. The number of ether oxygens (including phenoxy) is 4. The van der Waals surface area contributed by atoms with E-state index in [1.165, 1.54) is 11.1 Å². The van der Waals surface area contributed by atoms with E-state index in [1.807, 2.05) is 42.5 Å². The summed E-state index contributed by atoms with van der Waals surface area (Å²) in [4.78, 5) is 11.5. The van der Waals surface area contributed by atoms with Crippen molar-refractivity contribution in [1.82, 2.24) is 0 Å². The van der Waals surface area contributed by atoms with Crippen LogP contribution >= 0.6 is 0 Å². The first-order valence-electron chi connectivity index (χ1n) is 12.3. The Morgan fingerprint density at radius 3 is 2.32 bits per heavy atom. The third kappa shape index (κ3) is 4.22. The topological polar surface area (TPSA) is 80.1 Å². The number of rotatable bonds is 8. The van der Waals surface area contributed by atoms with Gasteiger partial charge in [-0.25, -0.2) is 0 Å². The smallest absolute Gasteiger partial charge is 0.167 e. The van der Waals surface area contributed by atoms with Gasteiger partial charge in [-0.3, -0.25) is 0 Å². The van der Waals surface area contributed by atoms with Gasteiger partial charge in [-0.05, 0) is 53.9 Å². The molecule has 2 aliphatic heterocycles. The maximum atomic E-state index is 6.09. The average molecular weight is 501 g/mol. The molecule has 0 bridgehead atoms. The lowest BCUT2D eigenvalue weighted by Gasteiger charge is -2.15. The first kappa shape index (κ1) is 23.2. The fourth-order valence-electron chi connectivity index (χ4n) is 5.21. The Hall–Kier alpha value is -4.20. The van der Waals surface area contributed by atoms with Gasteiger partial charge in [0, 0.05) is 17.5 Å². The van der Waals surface area contributed by atoms with Gasteiger partial charge >= 0.3 is 0 Å². The summed E-state index contributed by atoms with van der Waals surface area (Å²) in [5, 5.41) is 8.70. The quantitative estimate of drug-likeness (QED) is 0.436. The number of nitrogens with zero attached hydrogens (tertiary/aromatic N) is 2. The summed E-state index contributed by atoms with van der Waals surface area (Å²) >= 11 is 0. The Labute approximate surface area is 215 Å². The summed E-state index contributed by atoms with van der Waals surface area (Å²) in [6.45, 7) is 0.333. The van der Waals surface area contributed by atoms with Crippen LogP contribution in [0.2, 0.25) is 0 Å². The molecule has 0 N–H and O–H groups in total. The molecule has 3 aromatic rings. The van der Waals surface area contributed by atoms with Gasteiger partial charge in [-0.2, -0.15) is 0 Å². The number of fused-ring (bicyclic) bond motifs is 3. The van der Waals surface area contributed by atoms with E-state index in [4.69, 9.17) is 28.6 Å². The molecule has 0 aromatic heterocycles. The molecule has 0 radical (unpaired) electrons. The summed E-state index contributed by atoms with van der Waals surface area (Å²) in [6.07, 6.45) is 1.31. The normalized spacial score (nSPS) is 21.2. The van der Waals surface area contributed by atoms with Crippen LogP contribution < -0.4 is 18.9 Å². The second kappa shape index (κ2) is 9.69. The Morgan fingerprint density at radius 1 is 0.757 bits per heavy atom. The van der Waals surface area contributed by atoms with Crippen LogP contribution in [0.1, 0.15) is 34.8 Å². The Kier molecular flexibility index (Phi) is 6.08. The molecule has 3 aliphatic rings. The zero-order valence-corrected chi connectivity index (χ0v) is 21.0. The van der Waals surface area contributed by atoms with Crippen molar-refractivity contribution < 1.29 is 28.6 Å². The Bertz CT molecular complexity index is 1380. The minimum atomic E-state index is -0.210. The molecule has 3 aromatic carbocycles. The summed E-state index contributed by atoms with van der Waals surface area (Å²) < 4.78 is 22.5. The van der Waals surface area contributed by atoms with Gasteiger partial charge in [0.1, 0.15) is 6.61 Å². The van der Waals surface area contributed by atoms with Gasteiger partial charge in [0.05, 0.1) is 38.7 Å². The number of hydrogen-bond donors (Lipinski definition) is 0. The third-order valence-electron chi connectivity index (χ3n) is 7.12. The fourth-order valence-corrected chi connectivity index (χ4v) is 5.21. The van der Waals surface area contributed by atoms with E-state index in [1.54, 1.807) is 21.3 Å². The minimum absolute atomic E-state index is 0.0208. The van der Waals surface area contributed by atoms with Gasteiger partial charge < -0.3 is 28.6 Å². The van der Waals surface area contributed by atoms with Crippen LogP contribution in [0.3, 0.4) is 0 Å². The molecule has 0 fully saturated rings. The van der Waals surface area contributed by atoms with Crippen molar-refractivity contribution >= 4 is 11.4 Å². The number of oxime groups is 2.